The van der Waals surface area contributed by atoms with E-state index < -0.39 is 10.0 Å². The van der Waals surface area contributed by atoms with Crippen molar-refractivity contribution in [2.24, 2.45) is 5.14 Å². The Hall–Kier alpha value is -2.62. The van der Waals surface area contributed by atoms with Gasteiger partial charge in [0.25, 0.3) is 5.91 Å². The van der Waals surface area contributed by atoms with Crippen LogP contribution in [0.5, 0.6) is 11.5 Å². The molecule has 0 aliphatic rings. The van der Waals surface area contributed by atoms with Crippen LogP contribution in [-0.4, -0.2) is 42.1 Å². The zero-order valence-corrected chi connectivity index (χ0v) is 17.9. The smallest absolute Gasteiger partial charge is 0.275 e. The van der Waals surface area contributed by atoms with E-state index in [1.165, 1.54) is 12.1 Å². The first-order valence-corrected chi connectivity index (χ1v) is 10.6. The van der Waals surface area contributed by atoms with E-state index in [2.05, 4.69) is 5.32 Å². The lowest BCUT2D eigenvalue weighted by Gasteiger charge is -2.18. The zero-order valence-electron chi connectivity index (χ0n) is 17.1. The maximum absolute atomic E-state index is 12.4. The number of methoxy groups -OCH3 is 2. The summed E-state index contributed by atoms with van der Waals surface area (Å²) in [5.41, 5.74) is 1.82. The van der Waals surface area contributed by atoms with Crippen molar-refractivity contribution in [2.75, 3.05) is 27.8 Å². The Balaban J connectivity index is 1.92. The van der Waals surface area contributed by atoms with Crippen molar-refractivity contribution in [2.45, 2.75) is 24.4 Å². The van der Waals surface area contributed by atoms with Crippen LogP contribution in [0.15, 0.2) is 47.4 Å². The van der Waals surface area contributed by atoms with Crippen LogP contribution in [0.2, 0.25) is 0 Å². The summed E-state index contributed by atoms with van der Waals surface area (Å²) in [6.07, 6.45) is 0. The number of hydrogen-bond acceptors (Lipinski definition) is 5. The van der Waals surface area contributed by atoms with Crippen LogP contribution in [0.1, 0.15) is 24.1 Å². The summed E-state index contributed by atoms with van der Waals surface area (Å²) in [6, 6.07) is 11.6. The number of quaternary nitrogens is 1. The average Bonchev–Trinajstić information content (AvgIpc) is 2.66. The van der Waals surface area contributed by atoms with Crippen molar-refractivity contribution in [3.05, 3.63) is 53.6 Å². The van der Waals surface area contributed by atoms with Gasteiger partial charge in [-0.15, -0.1) is 0 Å². The van der Waals surface area contributed by atoms with Crippen molar-refractivity contribution in [3.63, 3.8) is 0 Å². The van der Waals surface area contributed by atoms with Gasteiger partial charge in [-0.25, -0.2) is 13.6 Å². The lowest BCUT2D eigenvalue weighted by molar-refractivity contribution is -0.885. The van der Waals surface area contributed by atoms with Gasteiger partial charge in [-0.05, 0) is 42.8 Å². The Labute approximate surface area is 171 Å². The van der Waals surface area contributed by atoms with E-state index in [9.17, 15) is 13.2 Å². The Kier molecular flexibility index (Phi) is 7.60. The normalized spacial score (nSPS) is 13.4. The molecule has 158 valence electrons. The predicted octanol–water partition coefficient (Wildman–Crippen LogP) is 0.243. The molecule has 2 atom stereocenters. The van der Waals surface area contributed by atoms with Crippen molar-refractivity contribution in [1.82, 2.24) is 5.32 Å². The molecule has 1 unspecified atom stereocenters. The number of sulfonamides is 1. The van der Waals surface area contributed by atoms with Gasteiger partial charge in [0.15, 0.2) is 18.0 Å². The summed E-state index contributed by atoms with van der Waals surface area (Å²) in [5, 5.41) is 8.03. The lowest BCUT2D eigenvalue weighted by Crippen LogP contribution is -3.08. The highest BCUT2D eigenvalue weighted by Gasteiger charge is 2.16. The first-order chi connectivity index (χ1) is 13.6. The van der Waals surface area contributed by atoms with Crippen LogP contribution in [0, 0.1) is 0 Å². The standard InChI is InChI=1S/C20H27N3O5S/c1-14(16-6-8-17(9-7-16)29(21,25)26)22-20(24)13-23(2)12-15-5-10-18(27-3)19(11-15)28-4/h5-11,14H,12-13H2,1-4H3,(H,22,24)(H2,21,25,26)/p+1/t14-/m1/s1. The molecule has 2 aromatic carbocycles. The monoisotopic (exact) mass is 422 g/mol. The average molecular weight is 423 g/mol. The maximum atomic E-state index is 12.4. The molecule has 9 heteroatoms. The first-order valence-electron chi connectivity index (χ1n) is 9.08. The van der Waals surface area contributed by atoms with E-state index in [0.29, 0.717) is 18.0 Å². The van der Waals surface area contributed by atoms with Gasteiger partial charge in [0.1, 0.15) is 6.54 Å². The molecule has 2 rings (SSSR count). The van der Waals surface area contributed by atoms with Gasteiger partial charge in [-0.3, -0.25) is 4.79 Å². The zero-order chi connectivity index (χ0) is 21.6. The molecule has 0 aromatic heterocycles. The molecular weight excluding hydrogens is 394 g/mol. The number of nitrogens with two attached hydrogens (primary N) is 1. The molecule has 8 nitrogen and oxygen atoms in total. The fourth-order valence-corrected chi connectivity index (χ4v) is 3.51. The predicted molar refractivity (Wildman–Crippen MR) is 109 cm³/mol. The van der Waals surface area contributed by atoms with Gasteiger partial charge in [0.05, 0.1) is 32.2 Å². The highest BCUT2D eigenvalue weighted by Crippen LogP contribution is 2.27. The molecule has 0 bridgehead atoms. The molecule has 0 spiro atoms. The number of benzene rings is 2. The van der Waals surface area contributed by atoms with Gasteiger partial charge in [-0.1, -0.05) is 12.1 Å². The number of carbonyl (C=O) groups excluding carboxylic acids is 1. The molecule has 0 radical (unpaired) electrons. The van der Waals surface area contributed by atoms with Gasteiger partial charge in [0, 0.05) is 5.56 Å². The Morgan fingerprint density at radius 3 is 2.28 bits per heavy atom. The molecular formula is C20H28N3O5S+. The molecule has 0 saturated heterocycles. The molecule has 0 saturated carbocycles. The summed E-state index contributed by atoms with van der Waals surface area (Å²) in [6.45, 7) is 2.77. The third-order valence-corrected chi connectivity index (χ3v) is 5.43. The SMILES string of the molecule is COc1ccc(C[NH+](C)CC(=O)N[C@H](C)c2ccc(S(N)(=O)=O)cc2)cc1OC. The second kappa shape index (κ2) is 9.73. The van der Waals surface area contributed by atoms with Crippen molar-refractivity contribution in [3.8, 4) is 11.5 Å². The highest BCUT2D eigenvalue weighted by molar-refractivity contribution is 7.89. The van der Waals surface area contributed by atoms with Crippen LogP contribution >= 0.6 is 0 Å². The van der Waals surface area contributed by atoms with Gasteiger partial charge < -0.3 is 19.7 Å². The van der Waals surface area contributed by atoms with Gasteiger partial charge >= 0.3 is 0 Å². The quantitative estimate of drug-likeness (QED) is 0.536. The highest BCUT2D eigenvalue weighted by atomic mass is 32.2. The van der Waals surface area contributed by atoms with Crippen LogP contribution in [0.4, 0.5) is 0 Å². The molecule has 2 aromatic rings. The van der Waals surface area contributed by atoms with Gasteiger partial charge in [0.2, 0.25) is 10.0 Å². The van der Waals surface area contributed by atoms with Gasteiger partial charge in [-0.2, -0.15) is 0 Å². The van der Waals surface area contributed by atoms with Crippen LogP contribution in [-0.2, 0) is 21.4 Å². The maximum Gasteiger partial charge on any atom is 0.275 e. The largest absolute Gasteiger partial charge is 0.493 e. The van der Waals surface area contributed by atoms with E-state index in [1.807, 2.05) is 32.2 Å². The summed E-state index contributed by atoms with van der Waals surface area (Å²) >= 11 is 0. The minimum atomic E-state index is -3.73. The summed E-state index contributed by atoms with van der Waals surface area (Å²) in [4.78, 5) is 13.4. The topological polar surface area (TPSA) is 112 Å². The second-order valence-electron chi connectivity index (χ2n) is 6.90. The number of likely N-dealkylation sites (N-methyl/N-ethyl adjacent to an activating group) is 1. The summed E-state index contributed by atoms with van der Waals surface area (Å²) in [7, 11) is 1.37. The molecule has 0 fully saturated rings. The van der Waals surface area contributed by atoms with Crippen molar-refractivity contribution >= 4 is 15.9 Å². The number of amides is 1. The first kappa shape index (κ1) is 22.7. The fraction of sp³-hybridized carbons (Fsp3) is 0.350. The second-order valence-corrected chi connectivity index (χ2v) is 8.46. The molecule has 1 amide bonds. The number of carbonyl (C=O) groups is 1. The molecule has 4 N–H and O–H groups in total. The number of ether oxygens (including phenoxy) is 2. The summed E-state index contributed by atoms with van der Waals surface area (Å²) in [5.74, 6) is 1.21. The molecule has 0 aliphatic heterocycles. The van der Waals surface area contributed by atoms with Crippen LogP contribution < -0.4 is 24.8 Å². The molecule has 0 heterocycles. The van der Waals surface area contributed by atoms with Crippen molar-refractivity contribution in [1.29, 1.82) is 0 Å². The van der Waals surface area contributed by atoms with Crippen LogP contribution in [0.25, 0.3) is 0 Å². The van der Waals surface area contributed by atoms with Crippen molar-refractivity contribution < 1.29 is 27.6 Å². The third kappa shape index (κ3) is 6.45. The molecule has 29 heavy (non-hydrogen) atoms. The Bertz CT molecular complexity index is 945. The lowest BCUT2D eigenvalue weighted by atomic mass is 10.1. The third-order valence-electron chi connectivity index (χ3n) is 4.50. The van der Waals surface area contributed by atoms with E-state index in [1.54, 1.807) is 26.4 Å². The summed E-state index contributed by atoms with van der Waals surface area (Å²) < 4.78 is 33.2. The molecule has 0 aliphatic carbocycles. The van der Waals surface area contributed by atoms with Crippen LogP contribution in [0.3, 0.4) is 0 Å². The Morgan fingerprint density at radius 1 is 1.10 bits per heavy atom. The van der Waals surface area contributed by atoms with E-state index in [-0.39, 0.29) is 23.4 Å². The number of nitrogens with one attached hydrogen (secondary N) is 2. The Morgan fingerprint density at radius 2 is 1.72 bits per heavy atom. The van der Waals surface area contributed by atoms with E-state index in [4.69, 9.17) is 14.6 Å². The number of rotatable bonds is 9. The minimum Gasteiger partial charge on any atom is -0.493 e. The number of primary sulfonamides is 1. The number of hydrogen-bond donors (Lipinski definition) is 3. The van der Waals surface area contributed by atoms with E-state index in [0.717, 1.165) is 16.0 Å². The minimum absolute atomic E-state index is 0.0406. The fourth-order valence-electron chi connectivity index (χ4n) is 3.00. The van der Waals surface area contributed by atoms with E-state index >= 15 is 0 Å².